The molecule has 0 atom stereocenters. The average Bonchev–Trinajstić information content (AvgIpc) is 3.53. The first kappa shape index (κ1) is 25.5. The Bertz CT molecular complexity index is 1490. The molecule has 2 aromatic heterocycles. The number of hydrogen-bond acceptors (Lipinski definition) is 6. The van der Waals surface area contributed by atoms with Crippen LogP contribution in [0, 0.1) is 13.8 Å². The van der Waals surface area contributed by atoms with E-state index in [0.717, 1.165) is 22.6 Å². The molecule has 0 aliphatic rings. The molecule has 0 unspecified atom stereocenters. The number of aryl methyl sites for hydroxylation is 2. The number of amides is 2. The van der Waals surface area contributed by atoms with Crippen LogP contribution in [0.5, 0.6) is 0 Å². The van der Waals surface area contributed by atoms with Crippen LogP contribution < -0.4 is 10.6 Å². The standard InChI is InChI=1S/C30H26N4O2S2/c1-19-7-5-9-21(13-19)15-23-17-31-29(37-23)33-27(35)25-11-3-4-12-26(25)28(36)34-30-32-18-24(38-30)16-22-10-6-8-20(2)14-22/h3-14,17-18H,15-16H2,1-2H3,(H,31,33,35)(H,32,34,36). The molecule has 2 heterocycles. The molecule has 0 aliphatic carbocycles. The summed E-state index contributed by atoms with van der Waals surface area (Å²) in [7, 11) is 0. The second-order valence-corrected chi connectivity index (χ2v) is 11.3. The molecule has 0 radical (unpaired) electrons. The van der Waals surface area contributed by atoms with Crippen molar-refractivity contribution in [2.24, 2.45) is 0 Å². The summed E-state index contributed by atoms with van der Waals surface area (Å²) in [5.41, 5.74) is 5.34. The molecule has 2 amide bonds. The van der Waals surface area contributed by atoms with Gasteiger partial charge in [0.05, 0.1) is 11.1 Å². The lowest BCUT2D eigenvalue weighted by atomic mass is 10.1. The van der Waals surface area contributed by atoms with Gasteiger partial charge >= 0.3 is 0 Å². The van der Waals surface area contributed by atoms with Gasteiger partial charge in [-0.1, -0.05) is 71.8 Å². The summed E-state index contributed by atoms with van der Waals surface area (Å²) < 4.78 is 0. The van der Waals surface area contributed by atoms with Gasteiger partial charge in [0.1, 0.15) is 0 Å². The number of benzene rings is 3. The van der Waals surface area contributed by atoms with E-state index >= 15 is 0 Å². The van der Waals surface area contributed by atoms with Crippen molar-refractivity contribution in [3.05, 3.63) is 128 Å². The molecule has 2 N–H and O–H groups in total. The van der Waals surface area contributed by atoms with Gasteiger partial charge in [-0.3, -0.25) is 20.2 Å². The Kier molecular flexibility index (Phi) is 7.72. The largest absolute Gasteiger partial charge is 0.298 e. The van der Waals surface area contributed by atoms with E-state index in [1.54, 1.807) is 36.7 Å². The average molecular weight is 539 g/mol. The molecule has 6 nitrogen and oxygen atoms in total. The smallest absolute Gasteiger partial charge is 0.258 e. The monoisotopic (exact) mass is 538 g/mol. The van der Waals surface area contributed by atoms with E-state index in [0.29, 0.717) is 10.3 Å². The second kappa shape index (κ2) is 11.5. The summed E-state index contributed by atoms with van der Waals surface area (Å²) in [6, 6.07) is 23.4. The van der Waals surface area contributed by atoms with Gasteiger partial charge in [0.25, 0.3) is 11.8 Å². The van der Waals surface area contributed by atoms with Gasteiger partial charge in [0, 0.05) is 35.0 Å². The number of anilines is 2. The van der Waals surface area contributed by atoms with Crippen molar-refractivity contribution >= 4 is 44.8 Å². The highest BCUT2D eigenvalue weighted by Gasteiger charge is 2.19. The molecule has 190 valence electrons. The van der Waals surface area contributed by atoms with Crippen LogP contribution in [0.25, 0.3) is 0 Å². The SMILES string of the molecule is Cc1cccc(Cc2cnc(NC(=O)c3ccccc3C(=O)Nc3ncc(Cc4cccc(C)c4)s3)s2)c1. The van der Waals surface area contributed by atoms with Crippen LogP contribution in [0.3, 0.4) is 0 Å². The zero-order valence-electron chi connectivity index (χ0n) is 21.0. The molecule has 38 heavy (non-hydrogen) atoms. The Morgan fingerprint density at radius 1 is 0.658 bits per heavy atom. The van der Waals surface area contributed by atoms with Crippen molar-refractivity contribution in [1.82, 2.24) is 9.97 Å². The number of hydrogen-bond donors (Lipinski definition) is 2. The summed E-state index contributed by atoms with van der Waals surface area (Å²) in [6.45, 7) is 4.13. The third-order valence-corrected chi connectivity index (χ3v) is 7.71. The number of carbonyl (C=O) groups is 2. The van der Waals surface area contributed by atoms with Gasteiger partial charge in [-0.05, 0) is 37.1 Å². The molecule has 0 bridgehead atoms. The molecule has 8 heteroatoms. The second-order valence-electron chi connectivity index (χ2n) is 9.05. The minimum Gasteiger partial charge on any atom is -0.298 e. The number of nitrogens with one attached hydrogen (secondary N) is 2. The van der Waals surface area contributed by atoms with Gasteiger partial charge in [0.15, 0.2) is 10.3 Å². The molecule has 5 aromatic rings. The maximum atomic E-state index is 13.1. The van der Waals surface area contributed by atoms with E-state index in [2.05, 4.69) is 70.8 Å². The van der Waals surface area contributed by atoms with E-state index in [9.17, 15) is 9.59 Å². The van der Waals surface area contributed by atoms with E-state index < -0.39 is 0 Å². The van der Waals surface area contributed by atoms with Crippen LogP contribution in [0.1, 0.15) is 52.7 Å². The van der Waals surface area contributed by atoms with Crippen LogP contribution >= 0.6 is 22.7 Å². The van der Waals surface area contributed by atoms with Crippen LogP contribution in [0.15, 0.2) is 85.2 Å². The maximum absolute atomic E-state index is 13.1. The topological polar surface area (TPSA) is 84.0 Å². The minimum absolute atomic E-state index is 0.275. The van der Waals surface area contributed by atoms with Crippen molar-refractivity contribution in [3.63, 3.8) is 0 Å². The van der Waals surface area contributed by atoms with Crippen molar-refractivity contribution in [1.29, 1.82) is 0 Å². The third-order valence-electron chi connectivity index (χ3n) is 5.89. The van der Waals surface area contributed by atoms with Gasteiger partial charge in [-0.2, -0.15) is 0 Å². The van der Waals surface area contributed by atoms with E-state index in [1.165, 1.54) is 44.9 Å². The zero-order valence-corrected chi connectivity index (χ0v) is 22.7. The normalized spacial score (nSPS) is 10.8. The van der Waals surface area contributed by atoms with E-state index in [4.69, 9.17) is 0 Å². The Labute approximate surface area is 229 Å². The molecule has 0 spiro atoms. The lowest BCUT2D eigenvalue weighted by Gasteiger charge is -2.08. The van der Waals surface area contributed by atoms with Crippen molar-refractivity contribution in [2.75, 3.05) is 10.6 Å². The Hall–Kier alpha value is -4.14. The number of aromatic nitrogens is 2. The molecule has 0 saturated heterocycles. The fraction of sp³-hybridized carbons (Fsp3) is 0.133. The first-order valence-electron chi connectivity index (χ1n) is 12.2. The lowest BCUT2D eigenvalue weighted by Crippen LogP contribution is -2.20. The molecule has 5 rings (SSSR count). The van der Waals surface area contributed by atoms with Crippen LogP contribution in [0.2, 0.25) is 0 Å². The predicted molar refractivity (Wildman–Crippen MR) is 155 cm³/mol. The highest BCUT2D eigenvalue weighted by atomic mass is 32.1. The van der Waals surface area contributed by atoms with Crippen molar-refractivity contribution in [3.8, 4) is 0 Å². The summed E-state index contributed by atoms with van der Waals surface area (Å²) in [4.78, 5) is 37.0. The minimum atomic E-state index is -0.383. The quantitative estimate of drug-likeness (QED) is 0.225. The summed E-state index contributed by atoms with van der Waals surface area (Å²) >= 11 is 2.85. The summed E-state index contributed by atoms with van der Waals surface area (Å²) in [5.74, 6) is -0.766. The van der Waals surface area contributed by atoms with Crippen LogP contribution in [-0.4, -0.2) is 21.8 Å². The summed E-state index contributed by atoms with van der Waals surface area (Å²) in [5, 5.41) is 6.68. The van der Waals surface area contributed by atoms with Crippen LogP contribution in [0.4, 0.5) is 10.3 Å². The zero-order chi connectivity index (χ0) is 26.5. The molecular weight excluding hydrogens is 512 g/mol. The highest BCUT2D eigenvalue weighted by molar-refractivity contribution is 7.16. The first-order valence-corrected chi connectivity index (χ1v) is 13.8. The summed E-state index contributed by atoms with van der Waals surface area (Å²) in [6.07, 6.45) is 5.04. The third kappa shape index (κ3) is 6.40. The van der Waals surface area contributed by atoms with Gasteiger partial charge < -0.3 is 0 Å². The lowest BCUT2D eigenvalue weighted by molar-refractivity contribution is 0.0990. The van der Waals surface area contributed by atoms with Gasteiger partial charge in [-0.15, -0.1) is 22.7 Å². The number of carbonyl (C=O) groups excluding carboxylic acids is 2. The molecular formula is C30H26N4O2S2. The fourth-order valence-electron chi connectivity index (χ4n) is 4.15. The predicted octanol–water partition coefficient (Wildman–Crippen LogP) is 6.90. The van der Waals surface area contributed by atoms with E-state index in [-0.39, 0.29) is 22.9 Å². The Morgan fingerprint density at radius 3 is 1.53 bits per heavy atom. The van der Waals surface area contributed by atoms with Crippen LogP contribution in [-0.2, 0) is 12.8 Å². The Balaban J connectivity index is 1.24. The van der Waals surface area contributed by atoms with Gasteiger partial charge in [-0.25, -0.2) is 9.97 Å². The van der Waals surface area contributed by atoms with Crippen molar-refractivity contribution < 1.29 is 9.59 Å². The Morgan fingerprint density at radius 2 is 1.11 bits per heavy atom. The number of rotatable bonds is 8. The van der Waals surface area contributed by atoms with E-state index in [1.807, 2.05) is 12.1 Å². The first-order chi connectivity index (χ1) is 18.4. The molecule has 0 saturated carbocycles. The fourth-order valence-corrected chi connectivity index (χ4v) is 5.83. The van der Waals surface area contributed by atoms with Gasteiger partial charge in [0.2, 0.25) is 0 Å². The number of thiazole rings is 2. The highest BCUT2D eigenvalue weighted by Crippen LogP contribution is 2.25. The maximum Gasteiger partial charge on any atom is 0.258 e. The number of nitrogens with zero attached hydrogens (tertiary/aromatic N) is 2. The van der Waals surface area contributed by atoms with Crippen molar-refractivity contribution in [2.45, 2.75) is 26.7 Å². The molecule has 3 aromatic carbocycles. The molecule has 0 aliphatic heterocycles. The molecule has 0 fully saturated rings.